The third kappa shape index (κ3) is 4.28. The van der Waals surface area contributed by atoms with Gasteiger partial charge in [0.15, 0.2) is 0 Å². The highest BCUT2D eigenvalue weighted by Crippen LogP contribution is 2.20. The number of aliphatic hydroxyl groups is 1. The SMILES string of the molecule is O=C(Nc1ccc(Cl)cc1)/C(=C(\O)c1ccc(Br)cc1)[n+]1ccccn1. The van der Waals surface area contributed by atoms with Crippen LogP contribution in [0, 0.1) is 0 Å². The number of nitrogens with one attached hydrogen (secondary N) is 1. The molecular weight excluding hydrogens is 418 g/mol. The van der Waals surface area contributed by atoms with E-state index in [0.717, 1.165) is 4.47 Å². The molecule has 0 atom stereocenters. The summed E-state index contributed by atoms with van der Waals surface area (Å²) in [4.78, 5) is 12.8. The summed E-state index contributed by atoms with van der Waals surface area (Å²) >= 11 is 9.22. The van der Waals surface area contributed by atoms with E-state index >= 15 is 0 Å². The maximum absolute atomic E-state index is 12.8. The van der Waals surface area contributed by atoms with Gasteiger partial charge >= 0.3 is 11.6 Å². The number of amides is 1. The molecule has 2 aromatic carbocycles. The predicted molar refractivity (Wildman–Crippen MR) is 104 cm³/mol. The minimum absolute atomic E-state index is 0.00266. The second-order valence-electron chi connectivity index (χ2n) is 5.31. The molecule has 3 aromatic rings. The van der Waals surface area contributed by atoms with Crippen LogP contribution in [0.1, 0.15) is 5.56 Å². The maximum atomic E-state index is 12.8. The van der Waals surface area contributed by atoms with Gasteiger partial charge in [0.05, 0.1) is 6.20 Å². The summed E-state index contributed by atoms with van der Waals surface area (Å²) in [6.45, 7) is 0. The van der Waals surface area contributed by atoms with E-state index in [-0.39, 0.29) is 11.5 Å². The minimum atomic E-state index is -0.503. The molecule has 3 rings (SSSR count). The normalized spacial score (nSPS) is 11.6. The number of carbonyl (C=O) groups is 1. The lowest BCUT2D eigenvalue weighted by Gasteiger charge is -2.07. The summed E-state index contributed by atoms with van der Waals surface area (Å²) in [5.41, 5.74) is 1.05. The van der Waals surface area contributed by atoms with Crippen LogP contribution in [-0.2, 0) is 4.79 Å². The van der Waals surface area contributed by atoms with E-state index in [0.29, 0.717) is 16.3 Å². The van der Waals surface area contributed by atoms with Crippen molar-refractivity contribution in [2.24, 2.45) is 0 Å². The fourth-order valence-electron chi connectivity index (χ4n) is 2.25. The zero-order valence-corrected chi connectivity index (χ0v) is 15.8. The van der Waals surface area contributed by atoms with Crippen molar-refractivity contribution in [2.45, 2.75) is 0 Å². The molecule has 26 heavy (non-hydrogen) atoms. The van der Waals surface area contributed by atoms with E-state index in [9.17, 15) is 9.90 Å². The Balaban J connectivity index is 2.03. The van der Waals surface area contributed by atoms with Crippen LogP contribution < -0.4 is 10.00 Å². The molecule has 0 fully saturated rings. The molecule has 130 valence electrons. The van der Waals surface area contributed by atoms with Crippen molar-refractivity contribution in [1.29, 1.82) is 0 Å². The molecule has 7 heteroatoms. The van der Waals surface area contributed by atoms with E-state index in [1.165, 1.54) is 10.9 Å². The minimum Gasteiger partial charge on any atom is -0.502 e. The van der Waals surface area contributed by atoms with Gasteiger partial charge in [-0.1, -0.05) is 27.5 Å². The first-order chi connectivity index (χ1) is 12.5. The number of aromatic nitrogens is 2. The molecule has 0 saturated heterocycles. The Morgan fingerprint density at radius 1 is 1.08 bits per heavy atom. The smallest absolute Gasteiger partial charge is 0.344 e. The van der Waals surface area contributed by atoms with E-state index in [4.69, 9.17) is 11.6 Å². The largest absolute Gasteiger partial charge is 0.502 e. The molecule has 0 unspecified atom stereocenters. The van der Waals surface area contributed by atoms with Gasteiger partial charge in [0.1, 0.15) is 0 Å². The molecule has 0 radical (unpaired) electrons. The van der Waals surface area contributed by atoms with Crippen LogP contribution in [0.5, 0.6) is 0 Å². The van der Waals surface area contributed by atoms with Crippen LogP contribution in [0.15, 0.2) is 77.5 Å². The number of benzene rings is 2. The maximum Gasteiger partial charge on any atom is 0.344 e. The summed E-state index contributed by atoms with van der Waals surface area (Å²) < 4.78 is 2.19. The molecule has 5 nitrogen and oxygen atoms in total. The zero-order valence-electron chi connectivity index (χ0n) is 13.4. The number of rotatable bonds is 4. The summed E-state index contributed by atoms with van der Waals surface area (Å²) in [5.74, 6) is -0.691. The number of carbonyl (C=O) groups excluding carboxylic acids is 1. The van der Waals surface area contributed by atoms with Crippen molar-refractivity contribution in [2.75, 3.05) is 5.32 Å². The third-order valence-electron chi connectivity index (χ3n) is 3.50. The fourth-order valence-corrected chi connectivity index (χ4v) is 2.64. The summed E-state index contributed by atoms with van der Waals surface area (Å²) in [6.07, 6.45) is 3.12. The lowest BCUT2D eigenvalue weighted by molar-refractivity contribution is -0.642. The average Bonchev–Trinajstić information content (AvgIpc) is 2.65. The lowest BCUT2D eigenvalue weighted by Crippen LogP contribution is -2.42. The number of halogens is 2. The van der Waals surface area contributed by atoms with E-state index < -0.39 is 5.91 Å². The second-order valence-corrected chi connectivity index (χ2v) is 6.66. The van der Waals surface area contributed by atoms with Gasteiger partial charge in [-0.15, -0.1) is 0 Å². The lowest BCUT2D eigenvalue weighted by atomic mass is 10.1. The highest BCUT2D eigenvalue weighted by molar-refractivity contribution is 9.10. The van der Waals surface area contributed by atoms with Gasteiger partial charge < -0.3 is 10.4 Å². The van der Waals surface area contributed by atoms with Crippen molar-refractivity contribution >= 4 is 50.6 Å². The van der Waals surface area contributed by atoms with Crippen molar-refractivity contribution in [1.82, 2.24) is 5.10 Å². The van der Waals surface area contributed by atoms with Crippen molar-refractivity contribution < 1.29 is 14.6 Å². The van der Waals surface area contributed by atoms with E-state index in [1.807, 2.05) is 0 Å². The van der Waals surface area contributed by atoms with Crippen LogP contribution >= 0.6 is 27.5 Å². The molecule has 0 spiro atoms. The van der Waals surface area contributed by atoms with E-state index in [1.54, 1.807) is 66.9 Å². The Labute approximate surface area is 163 Å². The Hall–Kier alpha value is -2.70. The molecule has 0 aliphatic heterocycles. The molecule has 0 saturated carbocycles. The number of hydrogen-bond acceptors (Lipinski definition) is 3. The zero-order chi connectivity index (χ0) is 18.5. The molecule has 1 heterocycles. The van der Waals surface area contributed by atoms with Gasteiger partial charge in [0, 0.05) is 26.8 Å². The van der Waals surface area contributed by atoms with Crippen LogP contribution in [0.25, 0.3) is 11.5 Å². The van der Waals surface area contributed by atoms with Crippen molar-refractivity contribution in [3.8, 4) is 0 Å². The summed E-state index contributed by atoms with van der Waals surface area (Å²) in [6, 6.07) is 17.1. The van der Waals surface area contributed by atoms with Gasteiger partial charge in [0.25, 0.3) is 0 Å². The van der Waals surface area contributed by atoms with Crippen LogP contribution in [0.2, 0.25) is 5.02 Å². The van der Waals surface area contributed by atoms with Gasteiger partial charge in [-0.25, -0.2) is 0 Å². The molecular formula is C19H14BrClN3O2+. The first kappa shape index (κ1) is 18.1. The molecule has 1 aromatic heterocycles. The molecule has 1 amide bonds. The summed E-state index contributed by atoms with van der Waals surface area (Å²) in [5, 5.41) is 18.2. The molecule has 2 N–H and O–H groups in total. The van der Waals surface area contributed by atoms with Crippen LogP contribution in [-0.4, -0.2) is 16.1 Å². The Morgan fingerprint density at radius 3 is 2.38 bits per heavy atom. The fraction of sp³-hybridized carbons (Fsp3) is 0. The second kappa shape index (κ2) is 8.12. The molecule has 0 bridgehead atoms. The third-order valence-corrected chi connectivity index (χ3v) is 4.28. The van der Waals surface area contributed by atoms with Gasteiger partial charge in [-0.2, -0.15) is 0 Å². The Morgan fingerprint density at radius 2 is 1.77 bits per heavy atom. The number of aliphatic hydroxyl groups excluding tert-OH is 1. The summed E-state index contributed by atoms with van der Waals surface area (Å²) in [7, 11) is 0. The molecule has 0 aliphatic rings. The Kier molecular flexibility index (Phi) is 5.65. The number of hydrogen-bond donors (Lipinski definition) is 2. The average molecular weight is 432 g/mol. The predicted octanol–water partition coefficient (Wildman–Crippen LogP) is 4.31. The van der Waals surface area contributed by atoms with Gasteiger partial charge in [-0.3, -0.25) is 4.79 Å². The monoisotopic (exact) mass is 430 g/mol. The topological polar surface area (TPSA) is 66.1 Å². The highest BCUT2D eigenvalue weighted by Gasteiger charge is 2.28. The first-order valence-corrected chi connectivity index (χ1v) is 8.81. The van der Waals surface area contributed by atoms with Crippen LogP contribution in [0.4, 0.5) is 5.69 Å². The van der Waals surface area contributed by atoms with Crippen molar-refractivity contribution in [3.05, 3.63) is 88.1 Å². The quantitative estimate of drug-likeness (QED) is 0.367. The first-order valence-electron chi connectivity index (χ1n) is 7.64. The van der Waals surface area contributed by atoms with Crippen molar-refractivity contribution in [3.63, 3.8) is 0 Å². The standard InChI is InChI=1S/C19H13BrClN3O2/c20-14-5-3-13(4-6-14)18(25)17(24-12-2-1-11-22-24)19(26)23-16-9-7-15(21)8-10-16/h1-12H,(H-,22,23,25,26)/p+1. The van der Waals surface area contributed by atoms with Crippen LogP contribution in [0.3, 0.4) is 0 Å². The van der Waals surface area contributed by atoms with Gasteiger partial charge in [-0.05, 0) is 64.4 Å². The van der Waals surface area contributed by atoms with Gasteiger partial charge in [0.2, 0.25) is 12.0 Å². The number of anilines is 1. The number of nitrogens with zero attached hydrogens (tertiary/aromatic N) is 2. The Bertz CT molecular complexity index is 943. The van der Waals surface area contributed by atoms with E-state index in [2.05, 4.69) is 26.3 Å². The molecule has 0 aliphatic carbocycles. The highest BCUT2D eigenvalue weighted by atomic mass is 79.9.